The summed E-state index contributed by atoms with van der Waals surface area (Å²) in [5.41, 5.74) is 1.21. The Kier molecular flexibility index (Phi) is 4.20. The molecule has 0 aromatic carbocycles. The van der Waals surface area contributed by atoms with Crippen LogP contribution in [0.4, 0.5) is 11.6 Å². The molecule has 1 saturated heterocycles. The molecule has 1 saturated carbocycles. The van der Waals surface area contributed by atoms with Gasteiger partial charge in [0.1, 0.15) is 18.0 Å². The predicted molar refractivity (Wildman–Crippen MR) is 104 cm³/mol. The van der Waals surface area contributed by atoms with E-state index in [1.807, 2.05) is 24.4 Å². The van der Waals surface area contributed by atoms with Crippen LogP contribution in [0.2, 0.25) is 0 Å². The Bertz CT molecular complexity index is 896. The Morgan fingerprint density at radius 1 is 0.852 bits per heavy atom. The molecule has 1 aliphatic carbocycles. The van der Waals surface area contributed by atoms with Crippen LogP contribution in [0.25, 0.3) is 5.82 Å². The average molecular weight is 361 g/mol. The molecule has 138 valence electrons. The summed E-state index contributed by atoms with van der Waals surface area (Å²) in [6.45, 7) is 3.74. The van der Waals surface area contributed by atoms with Gasteiger partial charge in [0.25, 0.3) is 0 Å². The Morgan fingerprint density at radius 3 is 2.33 bits per heavy atom. The third-order valence-corrected chi connectivity index (χ3v) is 5.58. The highest BCUT2D eigenvalue weighted by Crippen LogP contribution is 2.36. The number of hydrogen-bond donors (Lipinski definition) is 0. The van der Waals surface area contributed by atoms with E-state index in [1.165, 1.54) is 25.0 Å². The molecule has 0 radical (unpaired) electrons. The van der Waals surface area contributed by atoms with E-state index in [2.05, 4.69) is 37.0 Å². The maximum absolute atomic E-state index is 4.77. The number of aromatic nitrogens is 5. The van der Waals surface area contributed by atoms with Crippen molar-refractivity contribution in [1.29, 1.82) is 0 Å². The third-order valence-electron chi connectivity index (χ3n) is 5.58. The molecule has 4 heterocycles. The molecule has 2 aliphatic rings. The normalized spacial score (nSPS) is 17.8. The first-order valence-electron chi connectivity index (χ1n) is 9.66. The monoisotopic (exact) mass is 361 g/mol. The number of rotatable bonds is 4. The second-order valence-electron chi connectivity index (χ2n) is 7.21. The molecule has 0 unspecified atom stereocenters. The van der Waals surface area contributed by atoms with Crippen LogP contribution in [0.15, 0.2) is 49.1 Å². The van der Waals surface area contributed by atoms with Crippen molar-refractivity contribution in [2.45, 2.75) is 25.2 Å². The summed E-state index contributed by atoms with van der Waals surface area (Å²) in [5, 5.41) is 4.27. The highest BCUT2D eigenvalue weighted by molar-refractivity contribution is 5.47. The largest absolute Gasteiger partial charge is 0.353 e. The minimum Gasteiger partial charge on any atom is -0.353 e. The van der Waals surface area contributed by atoms with E-state index in [-0.39, 0.29) is 0 Å². The van der Waals surface area contributed by atoms with Crippen LogP contribution in [0.3, 0.4) is 0 Å². The van der Waals surface area contributed by atoms with Gasteiger partial charge in [-0.15, -0.1) is 0 Å². The molecular weight excluding hydrogens is 338 g/mol. The maximum atomic E-state index is 4.77. The topological polar surface area (TPSA) is 63.0 Å². The lowest BCUT2D eigenvalue weighted by atomic mass is 9.83. The van der Waals surface area contributed by atoms with E-state index < -0.39 is 0 Å². The fourth-order valence-corrected chi connectivity index (χ4v) is 3.75. The van der Waals surface area contributed by atoms with Gasteiger partial charge in [0.2, 0.25) is 0 Å². The molecular formula is C20H23N7. The van der Waals surface area contributed by atoms with Gasteiger partial charge in [-0.3, -0.25) is 0 Å². The minimum absolute atomic E-state index is 0.641. The van der Waals surface area contributed by atoms with Crippen molar-refractivity contribution in [1.82, 2.24) is 24.7 Å². The lowest BCUT2D eigenvalue weighted by Crippen LogP contribution is -2.47. The van der Waals surface area contributed by atoms with Crippen molar-refractivity contribution in [3.8, 4) is 5.82 Å². The lowest BCUT2D eigenvalue weighted by Gasteiger charge is -2.36. The Hall–Kier alpha value is -2.96. The van der Waals surface area contributed by atoms with Crippen molar-refractivity contribution in [2.24, 2.45) is 0 Å². The van der Waals surface area contributed by atoms with Gasteiger partial charge in [-0.25, -0.2) is 19.6 Å². The van der Waals surface area contributed by atoms with Gasteiger partial charge in [-0.1, -0.05) is 12.5 Å². The van der Waals surface area contributed by atoms with Gasteiger partial charge >= 0.3 is 0 Å². The summed E-state index contributed by atoms with van der Waals surface area (Å²) in [7, 11) is 0. The van der Waals surface area contributed by atoms with Crippen LogP contribution in [0.1, 0.15) is 30.9 Å². The summed E-state index contributed by atoms with van der Waals surface area (Å²) >= 11 is 0. The van der Waals surface area contributed by atoms with Gasteiger partial charge in [-0.05, 0) is 31.0 Å². The van der Waals surface area contributed by atoms with Crippen molar-refractivity contribution in [3.63, 3.8) is 0 Å². The predicted octanol–water partition coefficient (Wildman–Crippen LogP) is 2.65. The second-order valence-corrected chi connectivity index (χ2v) is 7.21. The summed E-state index contributed by atoms with van der Waals surface area (Å²) < 4.78 is 1.79. The van der Waals surface area contributed by atoms with E-state index >= 15 is 0 Å². The van der Waals surface area contributed by atoms with Crippen LogP contribution < -0.4 is 9.80 Å². The highest BCUT2D eigenvalue weighted by Gasteiger charge is 2.24. The fourth-order valence-electron chi connectivity index (χ4n) is 3.75. The number of hydrogen-bond acceptors (Lipinski definition) is 6. The quantitative estimate of drug-likeness (QED) is 0.712. The summed E-state index contributed by atoms with van der Waals surface area (Å²) in [6.07, 6.45) is 9.27. The molecule has 0 atom stereocenters. The Morgan fingerprint density at radius 2 is 1.63 bits per heavy atom. The van der Waals surface area contributed by atoms with Crippen molar-refractivity contribution in [3.05, 3.63) is 54.7 Å². The SMILES string of the molecule is c1cc(N2CCN(c3cc(C4CCC4)ncn3)CC2)nc(-n2cccn2)c1. The molecule has 3 aromatic heterocycles. The van der Waals surface area contributed by atoms with Gasteiger partial charge in [-0.2, -0.15) is 5.10 Å². The van der Waals surface area contributed by atoms with Crippen molar-refractivity contribution < 1.29 is 0 Å². The first-order chi connectivity index (χ1) is 13.4. The molecule has 0 spiro atoms. The zero-order valence-corrected chi connectivity index (χ0v) is 15.3. The first-order valence-corrected chi connectivity index (χ1v) is 9.66. The van der Waals surface area contributed by atoms with E-state index in [1.54, 1.807) is 17.2 Å². The third kappa shape index (κ3) is 3.25. The standard InChI is InChI=1S/C20H23N7/c1-4-16(5-1)17-14-20(22-15-21-17)26-12-10-25(11-13-26)18-6-2-7-19(24-18)27-9-3-8-23-27/h2-3,6-9,14-16H,1,4-5,10-13H2. The van der Waals surface area contributed by atoms with E-state index in [4.69, 9.17) is 4.98 Å². The molecule has 1 aliphatic heterocycles. The average Bonchev–Trinajstić information content (AvgIpc) is 3.22. The lowest BCUT2D eigenvalue weighted by molar-refractivity contribution is 0.410. The minimum atomic E-state index is 0.641. The zero-order chi connectivity index (χ0) is 18.1. The van der Waals surface area contributed by atoms with Crippen LogP contribution in [0, 0.1) is 0 Å². The van der Waals surface area contributed by atoms with Crippen LogP contribution in [-0.4, -0.2) is 50.9 Å². The molecule has 3 aromatic rings. The molecule has 0 N–H and O–H groups in total. The number of piperazine rings is 1. The van der Waals surface area contributed by atoms with Crippen LogP contribution in [-0.2, 0) is 0 Å². The van der Waals surface area contributed by atoms with Crippen molar-refractivity contribution in [2.75, 3.05) is 36.0 Å². The van der Waals surface area contributed by atoms with Gasteiger partial charge in [0.15, 0.2) is 5.82 Å². The Labute approximate surface area is 158 Å². The number of anilines is 2. The molecule has 0 amide bonds. The Balaban J connectivity index is 1.27. The van der Waals surface area contributed by atoms with Gasteiger partial charge in [0, 0.05) is 56.3 Å². The molecule has 7 nitrogen and oxygen atoms in total. The van der Waals surface area contributed by atoms with E-state index in [0.29, 0.717) is 5.92 Å². The summed E-state index contributed by atoms with van der Waals surface area (Å²) in [4.78, 5) is 18.5. The maximum Gasteiger partial charge on any atom is 0.155 e. The van der Waals surface area contributed by atoms with Crippen LogP contribution in [0.5, 0.6) is 0 Å². The van der Waals surface area contributed by atoms with E-state index in [0.717, 1.165) is 43.6 Å². The number of nitrogens with zero attached hydrogens (tertiary/aromatic N) is 7. The first kappa shape index (κ1) is 16.2. The molecule has 2 fully saturated rings. The second kappa shape index (κ2) is 6.98. The summed E-state index contributed by atoms with van der Waals surface area (Å²) in [6, 6.07) is 10.2. The number of pyridine rings is 1. The van der Waals surface area contributed by atoms with E-state index in [9.17, 15) is 0 Å². The van der Waals surface area contributed by atoms with Crippen molar-refractivity contribution >= 4 is 11.6 Å². The van der Waals surface area contributed by atoms with Crippen LogP contribution >= 0.6 is 0 Å². The molecule has 7 heteroatoms. The highest BCUT2D eigenvalue weighted by atomic mass is 15.3. The van der Waals surface area contributed by atoms with Gasteiger partial charge < -0.3 is 9.80 Å². The molecule has 27 heavy (non-hydrogen) atoms. The fraction of sp³-hybridized carbons (Fsp3) is 0.400. The molecule has 5 rings (SSSR count). The summed E-state index contributed by atoms with van der Waals surface area (Å²) in [5.74, 6) is 3.55. The smallest absolute Gasteiger partial charge is 0.155 e. The zero-order valence-electron chi connectivity index (χ0n) is 15.3. The van der Waals surface area contributed by atoms with Gasteiger partial charge in [0.05, 0.1) is 0 Å². The molecule has 0 bridgehead atoms.